The van der Waals surface area contributed by atoms with Gasteiger partial charge in [-0.25, -0.2) is 0 Å². The van der Waals surface area contributed by atoms with Gasteiger partial charge in [-0.3, -0.25) is 0 Å². The fraction of sp³-hybridized carbons (Fsp3) is 0.500. The number of thioether (sulfide) groups is 1. The van der Waals surface area contributed by atoms with E-state index in [2.05, 4.69) is 30.5 Å². The molecule has 0 aliphatic carbocycles. The first kappa shape index (κ1) is 16.6. The zero-order valence-corrected chi connectivity index (χ0v) is 14.2. The molecule has 0 aromatic heterocycles. The number of ether oxygens (including phenoxy) is 1. The van der Waals surface area contributed by atoms with Gasteiger partial charge >= 0.3 is 126 Å². The minimum atomic E-state index is -0.106. The van der Waals surface area contributed by atoms with Crippen molar-refractivity contribution >= 4 is 31.5 Å². The third-order valence-corrected chi connectivity index (χ3v) is 5.12. The van der Waals surface area contributed by atoms with Crippen LogP contribution in [0.2, 0.25) is 0 Å². The molecule has 1 rings (SSSR count). The summed E-state index contributed by atoms with van der Waals surface area (Å²) in [7, 11) is 0. The molecule has 0 saturated heterocycles. The van der Waals surface area contributed by atoms with Gasteiger partial charge in [-0.2, -0.15) is 0 Å². The molecular formula is C14H21NO2SSe. The molecule has 1 aromatic rings. The van der Waals surface area contributed by atoms with Crippen LogP contribution in [0.1, 0.15) is 19.4 Å². The Morgan fingerprint density at radius 3 is 2.42 bits per heavy atom. The molecule has 0 N–H and O–H groups in total. The third-order valence-electron chi connectivity index (χ3n) is 2.72. The summed E-state index contributed by atoms with van der Waals surface area (Å²) in [5.74, 6) is 0. The molecule has 0 aliphatic rings. The zero-order chi connectivity index (χ0) is 14.1. The fourth-order valence-electron chi connectivity index (χ4n) is 1.55. The van der Waals surface area contributed by atoms with Crippen molar-refractivity contribution in [2.75, 3.05) is 24.9 Å². The molecule has 0 fully saturated rings. The SMILES string of the molecule is CCN(CC)C(=O)[Se]COCc1ccc(SC)cc1. The number of hydrogen-bond acceptors (Lipinski definition) is 3. The minimum absolute atomic E-state index is 0.106. The Morgan fingerprint density at radius 2 is 1.89 bits per heavy atom. The van der Waals surface area contributed by atoms with Crippen LogP contribution in [0.15, 0.2) is 29.2 Å². The van der Waals surface area contributed by atoms with E-state index < -0.39 is 0 Å². The summed E-state index contributed by atoms with van der Waals surface area (Å²) in [5.41, 5.74) is 1.70. The second-order valence-corrected chi connectivity index (χ2v) is 6.61. The maximum atomic E-state index is 11.8. The number of benzene rings is 1. The van der Waals surface area contributed by atoms with E-state index in [0.29, 0.717) is 12.1 Å². The molecular weight excluding hydrogens is 325 g/mol. The van der Waals surface area contributed by atoms with E-state index in [0.717, 1.165) is 18.7 Å². The van der Waals surface area contributed by atoms with Crippen LogP contribution in [-0.2, 0) is 11.3 Å². The van der Waals surface area contributed by atoms with Gasteiger partial charge in [0.2, 0.25) is 0 Å². The molecule has 0 saturated carbocycles. The van der Waals surface area contributed by atoms with Crippen LogP contribution in [0.4, 0.5) is 4.79 Å². The van der Waals surface area contributed by atoms with Gasteiger partial charge in [0.15, 0.2) is 0 Å². The first-order chi connectivity index (χ1) is 9.21. The van der Waals surface area contributed by atoms with E-state index in [1.807, 2.05) is 18.7 Å². The first-order valence-electron chi connectivity index (χ1n) is 6.33. The number of rotatable bonds is 8. The fourth-order valence-corrected chi connectivity index (χ4v) is 3.44. The molecule has 3 nitrogen and oxygen atoms in total. The summed E-state index contributed by atoms with van der Waals surface area (Å²) in [4.78, 5) is 15.1. The van der Waals surface area contributed by atoms with E-state index in [1.165, 1.54) is 4.90 Å². The summed E-state index contributed by atoms with van der Waals surface area (Å²) >= 11 is 1.62. The molecule has 0 unspecified atom stereocenters. The Balaban J connectivity index is 2.24. The van der Waals surface area contributed by atoms with Gasteiger partial charge in [0, 0.05) is 0 Å². The molecule has 106 valence electrons. The second-order valence-electron chi connectivity index (χ2n) is 3.90. The Labute approximate surface area is 126 Å². The monoisotopic (exact) mass is 347 g/mol. The quantitative estimate of drug-likeness (QED) is 0.412. The summed E-state index contributed by atoms with van der Waals surface area (Å²) < 4.78 is 5.58. The van der Waals surface area contributed by atoms with E-state index in [1.54, 1.807) is 11.8 Å². The summed E-state index contributed by atoms with van der Waals surface area (Å²) in [6.45, 7) is 6.17. The van der Waals surface area contributed by atoms with Crippen LogP contribution in [0, 0.1) is 0 Å². The van der Waals surface area contributed by atoms with Crippen LogP contribution >= 0.6 is 11.8 Å². The molecule has 0 spiro atoms. The van der Waals surface area contributed by atoms with Gasteiger partial charge in [0.05, 0.1) is 0 Å². The van der Waals surface area contributed by atoms with Crippen molar-refractivity contribution in [1.29, 1.82) is 0 Å². The standard InChI is InChI=1S/C14H21NO2SSe/c1-4-15(5-2)14(16)19-11-17-10-12-6-8-13(18-3)9-7-12/h6-9H,4-5,10-11H2,1-3H3. The zero-order valence-electron chi connectivity index (χ0n) is 11.7. The van der Waals surface area contributed by atoms with Gasteiger partial charge < -0.3 is 0 Å². The molecule has 0 radical (unpaired) electrons. The van der Waals surface area contributed by atoms with E-state index in [9.17, 15) is 4.79 Å². The average Bonchev–Trinajstić information content (AvgIpc) is 2.45. The summed E-state index contributed by atoms with van der Waals surface area (Å²) in [6, 6.07) is 8.33. The number of carbonyl (C=O) groups excluding carboxylic acids is 1. The first-order valence-corrected chi connectivity index (χ1v) is 9.62. The predicted molar refractivity (Wildman–Crippen MR) is 82.0 cm³/mol. The molecule has 5 heteroatoms. The van der Waals surface area contributed by atoms with Gasteiger partial charge in [-0.1, -0.05) is 0 Å². The normalized spacial score (nSPS) is 10.5. The topological polar surface area (TPSA) is 29.5 Å². The number of hydrogen-bond donors (Lipinski definition) is 0. The van der Waals surface area contributed by atoms with Crippen molar-refractivity contribution in [3.8, 4) is 0 Å². The molecule has 0 bridgehead atoms. The van der Waals surface area contributed by atoms with Crippen LogP contribution < -0.4 is 0 Å². The molecule has 0 atom stereocenters. The van der Waals surface area contributed by atoms with Gasteiger partial charge in [-0.15, -0.1) is 0 Å². The van der Waals surface area contributed by atoms with E-state index >= 15 is 0 Å². The molecule has 19 heavy (non-hydrogen) atoms. The van der Waals surface area contributed by atoms with Crippen LogP contribution in [0.3, 0.4) is 0 Å². The van der Waals surface area contributed by atoms with Crippen LogP contribution in [0.25, 0.3) is 0 Å². The van der Waals surface area contributed by atoms with Crippen molar-refractivity contribution in [2.45, 2.75) is 25.3 Å². The Hall–Kier alpha value is -0.481. The summed E-state index contributed by atoms with van der Waals surface area (Å²) in [5, 5.41) is 0. The van der Waals surface area contributed by atoms with E-state index in [4.69, 9.17) is 4.74 Å². The van der Waals surface area contributed by atoms with Crippen molar-refractivity contribution in [3.05, 3.63) is 29.8 Å². The van der Waals surface area contributed by atoms with Gasteiger partial charge in [0.1, 0.15) is 0 Å². The van der Waals surface area contributed by atoms with Crippen molar-refractivity contribution in [1.82, 2.24) is 4.90 Å². The molecule has 0 aliphatic heterocycles. The Bertz CT molecular complexity index is 380. The molecule has 0 heterocycles. The Kier molecular flexibility index (Phi) is 8.22. The Morgan fingerprint density at radius 1 is 1.26 bits per heavy atom. The van der Waals surface area contributed by atoms with Gasteiger partial charge in [0.25, 0.3) is 0 Å². The summed E-state index contributed by atoms with van der Waals surface area (Å²) in [6.07, 6.45) is 2.06. The van der Waals surface area contributed by atoms with Crippen LogP contribution in [0.5, 0.6) is 0 Å². The van der Waals surface area contributed by atoms with Crippen molar-refractivity contribution in [2.24, 2.45) is 0 Å². The van der Waals surface area contributed by atoms with Crippen LogP contribution in [-0.4, -0.2) is 49.5 Å². The van der Waals surface area contributed by atoms with Crippen molar-refractivity contribution in [3.63, 3.8) is 0 Å². The van der Waals surface area contributed by atoms with E-state index in [-0.39, 0.29) is 19.8 Å². The number of nitrogens with zero attached hydrogens (tertiary/aromatic N) is 1. The number of carbonyl (C=O) groups is 1. The predicted octanol–water partition coefficient (Wildman–Crippen LogP) is 3.05. The molecule has 1 aromatic carbocycles. The van der Waals surface area contributed by atoms with Crippen molar-refractivity contribution < 1.29 is 9.53 Å². The third kappa shape index (κ3) is 6.00. The number of amides is 1. The second kappa shape index (κ2) is 9.43. The van der Waals surface area contributed by atoms with Gasteiger partial charge in [-0.05, 0) is 0 Å². The maximum absolute atomic E-state index is 11.8. The molecule has 1 amide bonds. The average molecular weight is 346 g/mol.